The lowest BCUT2D eigenvalue weighted by Crippen LogP contribution is -2.29. The van der Waals surface area contributed by atoms with Gasteiger partial charge in [0, 0.05) is 18.8 Å². The van der Waals surface area contributed by atoms with Crippen LogP contribution in [-0.2, 0) is 19.4 Å². The molecule has 1 aliphatic heterocycles. The normalized spacial score (nSPS) is 14.1. The van der Waals surface area contributed by atoms with Gasteiger partial charge < -0.3 is 10.6 Å². The van der Waals surface area contributed by atoms with Crippen LogP contribution in [0.5, 0.6) is 0 Å². The number of benzene rings is 2. The summed E-state index contributed by atoms with van der Waals surface area (Å²) in [6.45, 7) is 5.03. The summed E-state index contributed by atoms with van der Waals surface area (Å²) in [7, 11) is 0. The van der Waals surface area contributed by atoms with Crippen molar-refractivity contribution < 1.29 is 0 Å². The van der Waals surface area contributed by atoms with E-state index in [4.69, 9.17) is 5.73 Å². The summed E-state index contributed by atoms with van der Waals surface area (Å²) >= 11 is 0. The van der Waals surface area contributed by atoms with E-state index in [0.717, 1.165) is 19.5 Å². The Balaban J connectivity index is 1.87. The minimum absolute atomic E-state index is 0.715. The van der Waals surface area contributed by atoms with E-state index in [0.29, 0.717) is 6.54 Å². The molecule has 0 atom stereocenters. The van der Waals surface area contributed by atoms with Gasteiger partial charge in [0.2, 0.25) is 0 Å². The molecule has 0 saturated carbocycles. The second-order valence-corrected chi connectivity index (χ2v) is 5.96. The number of hydrogen-bond acceptors (Lipinski definition) is 2. The van der Waals surface area contributed by atoms with Crippen molar-refractivity contribution in [3.8, 4) is 0 Å². The van der Waals surface area contributed by atoms with E-state index in [9.17, 15) is 0 Å². The number of aryl methyl sites for hydroxylation is 2. The highest BCUT2D eigenvalue weighted by Gasteiger charge is 2.17. The molecule has 0 bridgehead atoms. The van der Waals surface area contributed by atoms with Crippen LogP contribution in [0.2, 0.25) is 0 Å². The van der Waals surface area contributed by atoms with Gasteiger partial charge >= 0.3 is 0 Å². The fourth-order valence-electron chi connectivity index (χ4n) is 3.28. The molecule has 0 aromatic heterocycles. The summed E-state index contributed by atoms with van der Waals surface area (Å²) in [4.78, 5) is 2.52. The highest BCUT2D eigenvalue weighted by atomic mass is 15.1. The first-order chi connectivity index (χ1) is 10.3. The van der Waals surface area contributed by atoms with Crippen LogP contribution >= 0.6 is 0 Å². The lowest BCUT2D eigenvalue weighted by atomic mass is 9.98. The van der Waals surface area contributed by atoms with Gasteiger partial charge in [-0.2, -0.15) is 0 Å². The molecule has 1 aliphatic rings. The number of nitrogens with two attached hydrogens (primary N) is 1. The van der Waals surface area contributed by atoms with Crippen molar-refractivity contribution in [2.75, 3.05) is 18.0 Å². The lowest BCUT2D eigenvalue weighted by Gasteiger charge is -2.32. The van der Waals surface area contributed by atoms with Gasteiger partial charge in [-0.1, -0.05) is 42.0 Å². The average molecular weight is 280 g/mol. The molecule has 0 radical (unpaired) electrons. The predicted octanol–water partition coefficient (Wildman–Crippen LogP) is 3.45. The second kappa shape index (κ2) is 6.31. The third-order valence-electron chi connectivity index (χ3n) is 4.34. The molecule has 0 fully saturated rings. The summed E-state index contributed by atoms with van der Waals surface area (Å²) in [5.74, 6) is 0. The minimum Gasteiger partial charge on any atom is -0.367 e. The Morgan fingerprint density at radius 3 is 2.71 bits per heavy atom. The summed E-state index contributed by atoms with van der Waals surface area (Å²) < 4.78 is 0. The zero-order chi connectivity index (χ0) is 14.7. The summed E-state index contributed by atoms with van der Waals surface area (Å²) in [5, 5.41) is 0. The van der Waals surface area contributed by atoms with Crippen LogP contribution in [0.25, 0.3) is 0 Å². The Bertz CT molecular complexity index is 619. The van der Waals surface area contributed by atoms with E-state index in [2.05, 4.69) is 54.3 Å². The van der Waals surface area contributed by atoms with E-state index in [1.807, 2.05) is 0 Å². The molecular weight excluding hydrogens is 256 g/mol. The average Bonchev–Trinajstić information content (AvgIpc) is 2.49. The monoisotopic (exact) mass is 280 g/mol. The fraction of sp³-hybridized carbons (Fsp3) is 0.368. The molecule has 0 saturated heterocycles. The molecule has 0 unspecified atom stereocenters. The van der Waals surface area contributed by atoms with Crippen LogP contribution < -0.4 is 10.6 Å². The lowest BCUT2D eigenvalue weighted by molar-refractivity contribution is 0.687. The van der Waals surface area contributed by atoms with Crippen LogP contribution in [0.1, 0.15) is 28.7 Å². The summed E-state index contributed by atoms with van der Waals surface area (Å²) in [6.07, 6.45) is 3.41. The molecule has 21 heavy (non-hydrogen) atoms. The largest absolute Gasteiger partial charge is 0.367 e. The molecule has 3 rings (SSSR count). The van der Waals surface area contributed by atoms with Gasteiger partial charge in [0.1, 0.15) is 0 Å². The quantitative estimate of drug-likeness (QED) is 0.929. The maximum Gasteiger partial charge on any atom is 0.0432 e. The molecule has 110 valence electrons. The Labute approximate surface area is 127 Å². The predicted molar refractivity (Wildman–Crippen MR) is 89.8 cm³/mol. The van der Waals surface area contributed by atoms with Crippen LogP contribution in [0.15, 0.2) is 42.5 Å². The number of fused-ring (bicyclic) bond motifs is 1. The van der Waals surface area contributed by atoms with Crippen molar-refractivity contribution in [1.82, 2.24) is 0 Å². The van der Waals surface area contributed by atoms with Gasteiger partial charge in [-0.05, 0) is 55.5 Å². The minimum atomic E-state index is 0.715. The number of rotatable bonds is 4. The molecule has 0 aliphatic carbocycles. The molecule has 1 heterocycles. The molecule has 2 N–H and O–H groups in total. The van der Waals surface area contributed by atoms with E-state index >= 15 is 0 Å². The topological polar surface area (TPSA) is 29.3 Å². The van der Waals surface area contributed by atoms with Crippen molar-refractivity contribution in [3.05, 3.63) is 64.7 Å². The zero-order valence-corrected chi connectivity index (χ0v) is 12.8. The molecule has 2 aromatic rings. The number of anilines is 1. The van der Waals surface area contributed by atoms with Crippen molar-refractivity contribution in [2.24, 2.45) is 5.73 Å². The maximum atomic E-state index is 5.74. The third-order valence-corrected chi connectivity index (χ3v) is 4.34. The SMILES string of the molecule is Cc1ccc2c(c1)CCCN2Cc1ccccc1CCN. The third kappa shape index (κ3) is 3.11. The molecule has 2 aromatic carbocycles. The highest BCUT2D eigenvalue weighted by Crippen LogP contribution is 2.29. The van der Waals surface area contributed by atoms with E-state index in [1.165, 1.54) is 40.8 Å². The first-order valence-corrected chi connectivity index (χ1v) is 7.89. The Morgan fingerprint density at radius 1 is 1.10 bits per heavy atom. The van der Waals surface area contributed by atoms with Crippen molar-refractivity contribution in [1.29, 1.82) is 0 Å². The molecule has 0 amide bonds. The van der Waals surface area contributed by atoms with Gasteiger partial charge in [0.25, 0.3) is 0 Å². The van der Waals surface area contributed by atoms with Crippen molar-refractivity contribution in [3.63, 3.8) is 0 Å². The van der Waals surface area contributed by atoms with Crippen molar-refractivity contribution in [2.45, 2.75) is 32.7 Å². The van der Waals surface area contributed by atoms with Gasteiger partial charge in [-0.15, -0.1) is 0 Å². The summed E-state index contributed by atoms with van der Waals surface area (Å²) in [6, 6.07) is 15.6. The van der Waals surface area contributed by atoms with Crippen LogP contribution in [0.4, 0.5) is 5.69 Å². The maximum absolute atomic E-state index is 5.74. The smallest absolute Gasteiger partial charge is 0.0432 e. The van der Waals surface area contributed by atoms with Gasteiger partial charge in [0.15, 0.2) is 0 Å². The van der Waals surface area contributed by atoms with E-state index in [-0.39, 0.29) is 0 Å². The second-order valence-electron chi connectivity index (χ2n) is 5.96. The zero-order valence-electron chi connectivity index (χ0n) is 12.8. The van der Waals surface area contributed by atoms with E-state index < -0.39 is 0 Å². The van der Waals surface area contributed by atoms with Crippen LogP contribution in [0.3, 0.4) is 0 Å². The van der Waals surface area contributed by atoms with Gasteiger partial charge in [0.05, 0.1) is 0 Å². The van der Waals surface area contributed by atoms with Crippen molar-refractivity contribution >= 4 is 5.69 Å². The first-order valence-electron chi connectivity index (χ1n) is 7.89. The fourth-order valence-corrected chi connectivity index (χ4v) is 3.28. The Hall–Kier alpha value is -1.80. The number of hydrogen-bond donors (Lipinski definition) is 1. The summed E-state index contributed by atoms with van der Waals surface area (Å²) in [5.41, 5.74) is 12.8. The molecule has 2 heteroatoms. The van der Waals surface area contributed by atoms with Gasteiger partial charge in [-0.25, -0.2) is 0 Å². The van der Waals surface area contributed by atoms with Crippen LogP contribution in [-0.4, -0.2) is 13.1 Å². The Kier molecular flexibility index (Phi) is 4.26. The van der Waals surface area contributed by atoms with E-state index in [1.54, 1.807) is 0 Å². The van der Waals surface area contributed by atoms with Gasteiger partial charge in [-0.3, -0.25) is 0 Å². The first kappa shape index (κ1) is 14.2. The molecule has 0 spiro atoms. The highest BCUT2D eigenvalue weighted by molar-refractivity contribution is 5.57. The number of nitrogens with zero attached hydrogens (tertiary/aromatic N) is 1. The molecule has 2 nitrogen and oxygen atoms in total. The Morgan fingerprint density at radius 2 is 1.90 bits per heavy atom. The molecular formula is C19H24N2. The standard InChI is InChI=1S/C19H24N2/c1-15-8-9-19-17(13-15)7-4-12-21(19)14-18-6-3-2-5-16(18)10-11-20/h2-3,5-6,8-9,13H,4,7,10-12,14,20H2,1H3. The van der Waals surface area contributed by atoms with Crippen LogP contribution in [0, 0.1) is 6.92 Å².